The van der Waals surface area contributed by atoms with Crippen molar-refractivity contribution < 1.29 is 14.6 Å². The third kappa shape index (κ3) is 3.33. The first-order valence-electron chi connectivity index (χ1n) is 8.29. The molecule has 1 aliphatic heterocycles. The molecular weight excluding hydrogens is 278 g/mol. The molecule has 0 radical (unpaired) electrons. The Morgan fingerprint density at radius 2 is 1.95 bits per heavy atom. The van der Waals surface area contributed by atoms with E-state index in [0.29, 0.717) is 13.0 Å². The monoisotopic (exact) mass is 303 g/mol. The fourth-order valence-electron chi connectivity index (χ4n) is 3.72. The summed E-state index contributed by atoms with van der Waals surface area (Å²) in [6, 6.07) is 10.4. The van der Waals surface area contributed by atoms with E-state index in [4.69, 9.17) is 4.74 Å². The average molecular weight is 303 g/mol. The highest BCUT2D eigenvalue weighted by molar-refractivity contribution is 5.79. The molecule has 1 saturated carbocycles. The van der Waals surface area contributed by atoms with Crippen molar-refractivity contribution in [3.63, 3.8) is 0 Å². The van der Waals surface area contributed by atoms with E-state index in [2.05, 4.69) is 29.6 Å². The van der Waals surface area contributed by atoms with Gasteiger partial charge in [0.15, 0.2) is 0 Å². The van der Waals surface area contributed by atoms with Gasteiger partial charge in [0.25, 0.3) is 0 Å². The number of amides is 1. The molecule has 2 aliphatic rings. The van der Waals surface area contributed by atoms with Crippen LogP contribution in [-0.4, -0.2) is 36.9 Å². The molecule has 0 spiro atoms. The number of carbonyl (C=O) groups excluding carboxylic acids is 1. The second-order valence-electron chi connectivity index (χ2n) is 6.64. The van der Waals surface area contributed by atoms with Gasteiger partial charge in [0.2, 0.25) is 5.91 Å². The van der Waals surface area contributed by atoms with Crippen LogP contribution < -0.4 is 5.32 Å². The summed E-state index contributed by atoms with van der Waals surface area (Å²) in [5.74, 6) is 0.0704. The molecule has 0 unspecified atom stereocenters. The zero-order valence-corrected chi connectivity index (χ0v) is 13.0. The third-order valence-electron chi connectivity index (χ3n) is 5.21. The van der Waals surface area contributed by atoms with E-state index in [1.165, 1.54) is 5.56 Å². The van der Waals surface area contributed by atoms with Gasteiger partial charge in [-0.3, -0.25) is 4.79 Å². The maximum absolute atomic E-state index is 12.4. The Hall–Kier alpha value is -1.39. The highest BCUT2D eigenvalue weighted by Gasteiger charge is 2.36. The van der Waals surface area contributed by atoms with Crippen LogP contribution in [0, 0.1) is 5.92 Å². The van der Waals surface area contributed by atoms with Crippen molar-refractivity contribution in [1.29, 1.82) is 0 Å². The lowest BCUT2D eigenvalue weighted by Crippen LogP contribution is -2.45. The normalized spacial score (nSPS) is 27.5. The number of aliphatic hydroxyl groups excluding tert-OH is 1. The van der Waals surface area contributed by atoms with E-state index < -0.39 is 0 Å². The molecule has 1 aromatic rings. The molecule has 1 aromatic carbocycles. The van der Waals surface area contributed by atoms with Crippen LogP contribution in [0.5, 0.6) is 0 Å². The second-order valence-corrected chi connectivity index (χ2v) is 6.64. The van der Waals surface area contributed by atoms with Crippen LogP contribution in [0.15, 0.2) is 30.3 Å². The fourth-order valence-corrected chi connectivity index (χ4v) is 3.72. The first-order chi connectivity index (χ1) is 10.7. The number of aliphatic hydroxyl groups is 1. The molecule has 1 amide bonds. The molecule has 1 saturated heterocycles. The maximum Gasteiger partial charge on any atom is 0.223 e. The zero-order valence-electron chi connectivity index (χ0n) is 13.0. The Morgan fingerprint density at radius 1 is 1.23 bits per heavy atom. The molecule has 2 atom stereocenters. The molecule has 1 heterocycles. The van der Waals surface area contributed by atoms with E-state index in [0.717, 1.165) is 38.9 Å². The number of carbonyl (C=O) groups is 1. The van der Waals surface area contributed by atoms with Crippen LogP contribution in [-0.2, 0) is 14.9 Å². The third-order valence-corrected chi connectivity index (χ3v) is 5.21. The molecule has 1 aliphatic carbocycles. The molecule has 0 bridgehead atoms. The van der Waals surface area contributed by atoms with Gasteiger partial charge in [-0.25, -0.2) is 0 Å². The Kier molecular flexibility index (Phi) is 4.79. The maximum atomic E-state index is 12.4. The quantitative estimate of drug-likeness (QED) is 0.894. The molecule has 0 aromatic heterocycles. The predicted octanol–water partition coefficient (Wildman–Crippen LogP) is 2.01. The molecule has 4 nitrogen and oxygen atoms in total. The van der Waals surface area contributed by atoms with Gasteiger partial charge in [0, 0.05) is 31.1 Å². The Balaban J connectivity index is 1.67. The summed E-state index contributed by atoms with van der Waals surface area (Å²) in [5, 5.41) is 12.7. The van der Waals surface area contributed by atoms with Crippen molar-refractivity contribution in [3.8, 4) is 0 Å². The van der Waals surface area contributed by atoms with E-state index >= 15 is 0 Å². The van der Waals surface area contributed by atoms with Crippen molar-refractivity contribution in [1.82, 2.24) is 5.32 Å². The van der Waals surface area contributed by atoms with Gasteiger partial charge >= 0.3 is 0 Å². The second kappa shape index (κ2) is 6.80. The number of nitrogens with one attached hydrogen (secondary N) is 1. The topological polar surface area (TPSA) is 58.6 Å². The van der Waals surface area contributed by atoms with Crippen molar-refractivity contribution >= 4 is 5.91 Å². The van der Waals surface area contributed by atoms with Gasteiger partial charge in [0.1, 0.15) is 0 Å². The number of ether oxygens (including phenoxy) is 1. The van der Waals surface area contributed by atoms with E-state index in [1.54, 1.807) is 0 Å². The molecule has 3 rings (SSSR count). The SMILES string of the molecule is O=C(NCC1(c2ccccc2)CCOCC1)[C@@H]1CC[C@H](O)C1. The minimum atomic E-state index is -0.304. The summed E-state index contributed by atoms with van der Waals surface area (Å²) in [6.45, 7) is 2.14. The number of rotatable bonds is 4. The Morgan fingerprint density at radius 3 is 2.59 bits per heavy atom. The van der Waals surface area contributed by atoms with Crippen LogP contribution >= 0.6 is 0 Å². The summed E-state index contributed by atoms with van der Waals surface area (Å²) < 4.78 is 5.52. The predicted molar refractivity (Wildman–Crippen MR) is 84.5 cm³/mol. The molecule has 4 heteroatoms. The average Bonchev–Trinajstić information content (AvgIpc) is 3.01. The summed E-state index contributed by atoms with van der Waals surface area (Å²) in [5.41, 5.74) is 1.26. The minimum absolute atomic E-state index is 0.0214. The van der Waals surface area contributed by atoms with Crippen LogP contribution in [0.1, 0.15) is 37.7 Å². The van der Waals surface area contributed by atoms with Crippen molar-refractivity contribution in [3.05, 3.63) is 35.9 Å². The van der Waals surface area contributed by atoms with Gasteiger partial charge < -0.3 is 15.2 Å². The van der Waals surface area contributed by atoms with Gasteiger partial charge in [-0.15, -0.1) is 0 Å². The lowest BCUT2D eigenvalue weighted by molar-refractivity contribution is -0.125. The smallest absolute Gasteiger partial charge is 0.223 e. The van der Waals surface area contributed by atoms with Gasteiger partial charge in [-0.1, -0.05) is 30.3 Å². The fraction of sp³-hybridized carbons (Fsp3) is 0.611. The highest BCUT2D eigenvalue weighted by atomic mass is 16.5. The first kappa shape index (κ1) is 15.5. The first-order valence-corrected chi connectivity index (χ1v) is 8.29. The number of benzene rings is 1. The molecular formula is C18H25NO3. The Bertz CT molecular complexity index is 496. The largest absolute Gasteiger partial charge is 0.393 e. The highest BCUT2D eigenvalue weighted by Crippen LogP contribution is 2.34. The van der Waals surface area contributed by atoms with Crippen molar-refractivity contribution in [2.24, 2.45) is 5.92 Å². The lowest BCUT2D eigenvalue weighted by atomic mass is 9.74. The summed E-state index contributed by atoms with van der Waals surface area (Å²) in [6.07, 6.45) is 3.72. The van der Waals surface area contributed by atoms with Crippen LogP contribution in [0.2, 0.25) is 0 Å². The zero-order chi connectivity index (χ0) is 15.4. The molecule has 22 heavy (non-hydrogen) atoms. The van der Waals surface area contributed by atoms with E-state index in [1.807, 2.05) is 6.07 Å². The van der Waals surface area contributed by atoms with E-state index in [9.17, 15) is 9.90 Å². The van der Waals surface area contributed by atoms with Gasteiger partial charge in [-0.2, -0.15) is 0 Å². The van der Waals surface area contributed by atoms with Gasteiger partial charge in [-0.05, 0) is 37.7 Å². The summed E-state index contributed by atoms with van der Waals surface area (Å²) in [7, 11) is 0. The number of hydrogen-bond acceptors (Lipinski definition) is 3. The summed E-state index contributed by atoms with van der Waals surface area (Å²) >= 11 is 0. The van der Waals surface area contributed by atoms with Crippen LogP contribution in [0.4, 0.5) is 0 Å². The van der Waals surface area contributed by atoms with Crippen LogP contribution in [0.3, 0.4) is 0 Å². The van der Waals surface area contributed by atoms with Crippen LogP contribution in [0.25, 0.3) is 0 Å². The van der Waals surface area contributed by atoms with Crippen molar-refractivity contribution in [2.75, 3.05) is 19.8 Å². The van der Waals surface area contributed by atoms with Crippen molar-refractivity contribution in [2.45, 2.75) is 43.6 Å². The molecule has 120 valence electrons. The van der Waals surface area contributed by atoms with Gasteiger partial charge in [0.05, 0.1) is 6.10 Å². The molecule has 2 N–H and O–H groups in total. The standard InChI is InChI=1S/C18H25NO3/c20-16-7-6-14(12-16)17(21)19-13-18(8-10-22-11-9-18)15-4-2-1-3-5-15/h1-5,14,16,20H,6-13H2,(H,19,21)/t14-,16+/m1/s1. The lowest BCUT2D eigenvalue weighted by Gasteiger charge is -2.38. The van der Waals surface area contributed by atoms with E-state index in [-0.39, 0.29) is 23.3 Å². The Labute approximate surface area is 131 Å². The number of hydrogen-bond donors (Lipinski definition) is 2. The minimum Gasteiger partial charge on any atom is -0.393 e. The summed E-state index contributed by atoms with van der Waals surface area (Å²) in [4.78, 5) is 12.4. The molecule has 2 fully saturated rings.